The van der Waals surface area contributed by atoms with Crippen LogP contribution < -0.4 is 15.5 Å². The Kier molecular flexibility index (Phi) is 6.85. The van der Waals surface area contributed by atoms with Crippen LogP contribution in [0.15, 0.2) is 41.4 Å². The molecule has 0 bridgehead atoms. The maximum Gasteiger partial charge on any atom is 0.251 e. The Morgan fingerprint density at radius 2 is 1.94 bits per heavy atom. The zero-order valence-electron chi connectivity index (χ0n) is 18.5. The number of nitrogens with zero attached hydrogens (tertiary/aromatic N) is 3. The fourth-order valence-corrected chi connectivity index (χ4v) is 4.54. The number of thiazole rings is 1. The van der Waals surface area contributed by atoms with Crippen LogP contribution in [-0.2, 0) is 14.3 Å². The number of rotatable bonds is 6. The molecule has 10 heteroatoms. The molecule has 2 aromatic rings. The third-order valence-corrected chi connectivity index (χ3v) is 6.43. The lowest BCUT2D eigenvalue weighted by Gasteiger charge is -2.28. The van der Waals surface area contributed by atoms with Crippen molar-refractivity contribution < 1.29 is 18.7 Å². The third-order valence-electron chi connectivity index (χ3n) is 5.40. The van der Waals surface area contributed by atoms with E-state index in [0.29, 0.717) is 43.5 Å². The minimum absolute atomic E-state index is 0.309. The lowest BCUT2D eigenvalue weighted by molar-refractivity contribution is -0.130. The minimum Gasteiger partial charge on any atom is -0.378 e. The van der Waals surface area contributed by atoms with E-state index in [-0.39, 0.29) is 17.6 Å². The second-order valence-corrected chi connectivity index (χ2v) is 9.30. The Bertz CT molecular complexity index is 1070. The van der Waals surface area contributed by atoms with E-state index in [0.717, 1.165) is 10.6 Å². The van der Waals surface area contributed by atoms with Crippen LogP contribution in [0.25, 0.3) is 11.3 Å². The highest BCUT2D eigenvalue weighted by molar-refractivity contribution is 7.20. The summed E-state index contributed by atoms with van der Waals surface area (Å²) in [5.41, 5.74) is 0.252. The third kappa shape index (κ3) is 5.45. The molecule has 0 radical (unpaired) electrons. The molecule has 1 aromatic heterocycles. The molecule has 174 valence electrons. The van der Waals surface area contributed by atoms with Crippen molar-refractivity contribution in [2.75, 3.05) is 36.5 Å². The number of dihydropyridines is 1. The zero-order valence-corrected chi connectivity index (χ0v) is 19.3. The molecule has 1 unspecified atom stereocenters. The highest BCUT2D eigenvalue weighted by Gasteiger charge is 2.33. The van der Waals surface area contributed by atoms with Crippen molar-refractivity contribution in [1.82, 2.24) is 10.3 Å². The number of hydrogen-bond acceptors (Lipinski definition) is 7. The van der Waals surface area contributed by atoms with Crippen LogP contribution in [0.5, 0.6) is 0 Å². The molecule has 4 rings (SSSR count). The predicted molar refractivity (Wildman–Crippen MR) is 127 cm³/mol. The van der Waals surface area contributed by atoms with Gasteiger partial charge < -0.3 is 15.0 Å². The van der Waals surface area contributed by atoms with Crippen molar-refractivity contribution in [3.8, 4) is 11.3 Å². The largest absolute Gasteiger partial charge is 0.378 e. The summed E-state index contributed by atoms with van der Waals surface area (Å²) in [6.07, 6.45) is 5.73. The van der Waals surface area contributed by atoms with E-state index in [4.69, 9.17) is 4.74 Å². The number of nitrogens with one attached hydrogen (secondary N) is 2. The van der Waals surface area contributed by atoms with Gasteiger partial charge in [-0.1, -0.05) is 17.4 Å². The number of carbonyl (C=O) groups is 2. The van der Waals surface area contributed by atoms with Crippen LogP contribution in [0, 0.1) is 5.82 Å². The Balaban J connectivity index is 1.53. The summed E-state index contributed by atoms with van der Waals surface area (Å²) < 4.78 is 18.9. The summed E-state index contributed by atoms with van der Waals surface area (Å²) in [5.74, 6) is -1.03. The van der Waals surface area contributed by atoms with Crippen LogP contribution in [0.1, 0.15) is 20.3 Å². The van der Waals surface area contributed by atoms with Crippen LogP contribution in [0.3, 0.4) is 0 Å². The van der Waals surface area contributed by atoms with Crippen LogP contribution >= 0.6 is 11.3 Å². The molecule has 2 N–H and O–H groups in total. The molecule has 2 amide bonds. The molecule has 1 aromatic carbocycles. The highest BCUT2D eigenvalue weighted by Crippen LogP contribution is 2.39. The first kappa shape index (κ1) is 23.1. The number of aromatic nitrogens is 1. The molecular formula is C23H26FN5O3S. The van der Waals surface area contributed by atoms with Gasteiger partial charge in [-0.25, -0.2) is 9.37 Å². The van der Waals surface area contributed by atoms with E-state index >= 15 is 0 Å². The van der Waals surface area contributed by atoms with Crippen molar-refractivity contribution in [2.45, 2.75) is 31.8 Å². The van der Waals surface area contributed by atoms with Crippen LogP contribution in [-0.4, -0.2) is 60.9 Å². The molecule has 1 fully saturated rings. The lowest BCUT2D eigenvalue weighted by Crippen LogP contribution is -2.54. The van der Waals surface area contributed by atoms with Crippen molar-refractivity contribution in [2.24, 2.45) is 4.99 Å². The molecule has 0 spiro atoms. The number of ether oxygens (including phenoxy) is 1. The van der Waals surface area contributed by atoms with Gasteiger partial charge in [-0.3, -0.25) is 19.9 Å². The molecule has 33 heavy (non-hydrogen) atoms. The number of halogens is 1. The number of anilines is 2. The minimum atomic E-state index is -1.17. The van der Waals surface area contributed by atoms with E-state index in [1.165, 1.54) is 23.5 Å². The second-order valence-electron chi connectivity index (χ2n) is 8.33. The quantitative estimate of drug-likeness (QED) is 0.675. The Labute approximate surface area is 195 Å². The molecule has 1 saturated heterocycles. The van der Waals surface area contributed by atoms with Gasteiger partial charge in [-0.2, -0.15) is 0 Å². The van der Waals surface area contributed by atoms with E-state index in [1.54, 1.807) is 38.3 Å². The fraction of sp³-hybridized carbons (Fsp3) is 0.391. The van der Waals surface area contributed by atoms with E-state index in [1.807, 2.05) is 6.08 Å². The summed E-state index contributed by atoms with van der Waals surface area (Å²) in [4.78, 5) is 36.5. The molecule has 2 aliphatic rings. The number of carbonyl (C=O) groups excluding carboxylic acids is 2. The standard InChI is InChI=1S/C23H26FN5O3S/c1-23(2,28-19(30)17-5-3-4-10-25-17)21(31)27-22-26-18(15-6-8-16(24)9-7-15)20(33-22)29-11-13-32-14-12-29/h3-4,6-10,17H,5,11-14H2,1-2H3,(H,28,30)(H,26,27,31). The first-order valence-corrected chi connectivity index (χ1v) is 11.6. The lowest BCUT2D eigenvalue weighted by atomic mass is 10.0. The topological polar surface area (TPSA) is 95.9 Å². The number of hydrogen-bond donors (Lipinski definition) is 2. The summed E-state index contributed by atoms with van der Waals surface area (Å²) in [6, 6.07) is 5.57. The number of allylic oxidation sites excluding steroid dienone is 1. The van der Waals surface area contributed by atoms with Crippen molar-refractivity contribution >= 4 is 39.5 Å². The normalized spacial score (nSPS) is 18.3. The van der Waals surface area contributed by atoms with Crippen LogP contribution in [0.2, 0.25) is 0 Å². The Morgan fingerprint density at radius 3 is 2.61 bits per heavy atom. The van der Waals surface area contributed by atoms with E-state index < -0.39 is 11.6 Å². The molecular weight excluding hydrogens is 445 g/mol. The average Bonchev–Trinajstić information content (AvgIpc) is 3.24. The average molecular weight is 472 g/mol. The van der Waals surface area contributed by atoms with Gasteiger partial charge >= 0.3 is 0 Å². The van der Waals surface area contributed by atoms with Gasteiger partial charge in [0.05, 0.1) is 13.2 Å². The monoisotopic (exact) mass is 471 g/mol. The van der Waals surface area contributed by atoms with Crippen molar-refractivity contribution in [3.63, 3.8) is 0 Å². The second kappa shape index (κ2) is 9.80. The highest BCUT2D eigenvalue weighted by atomic mass is 32.1. The van der Waals surface area contributed by atoms with E-state index in [2.05, 4.69) is 25.5 Å². The number of benzene rings is 1. The molecule has 0 saturated carbocycles. The summed E-state index contributed by atoms with van der Waals surface area (Å²) >= 11 is 1.34. The van der Waals surface area contributed by atoms with Gasteiger partial charge in [0.2, 0.25) is 5.91 Å². The summed E-state index contributed by atoms with van der Waals surface area (Å²) in [5, 5.41) is 6.90. The molecule has 1 atom stereocenters. The predicted octanol–water partition coefficient (Wildman–Crippen LogP) is 3.02. The first-order chi connectivity index (χ1) is 15.8. The maximum absolute atomic E-state index is 13.5. The molecule has 3 heterocycles. The maximum atomic E-state index is 13.5. The Morgan fingerprint density at radius 1 is 1.21 bits per heavy atom. The van der Waals surface area contributed by atoms with Crippen molar-refractivity contribution in [3.05, 3.63) is 42.2 Å². The van der Waals surface area contributed by atoms with E-state index in [9.17, 15) is 14.0 Å². The molecule has 0 aliphatic carbocycles. The Hall–Kier alpha value is -3.11. The number of aliphatic imine (C=N–C) groups is 1. The van der Waals surface area contributed by atoms with Gasteiger partial charge in [-0.05, 0) is 50.6 Å². The number of amides is 2. The van der Waals surface area contributed by atoms with Gasteiger partial charge in [0, 0.05) is 24.9 Å². The van der Waals surface area contributed by atoms with Gasteiger partial charge in [0.15, 0.2) is 5.13 Å². The van der Waals surface area contributed by atoms with Gasteiger partial charge in [0.1, 0.15) is 28.1 Å². The van der Waals surface area contributed by atoms with Crippen LogP contribution in [0.4, 0.5) is 14.5 Å². The SMILES string of the molecule is CC(C)(NC(=O)C1CC=CC=N1)C(=O)Nc1nc(-c2ccc(F)cc2)c(N2CCOCC2)s1. The fourth-order valence-electron chi connectivity index (χ4n) is 3.50. The molecule has 2 aliphatic heterocycles. The number of morpholine rings is 1. The first-order valence-electron chi connectivity index (χ1n) is 10.7. The van der Waals surface area contributed by atoms with Gasteiger partial charge in [-0.15, -0.1) is 0 Å². The molecule has 8 nitrogen and oxygen atoms in total. The smallest absolute Gasteiger partial charge is 0.251 e. The summed E-state index contributed by atoms with van der Waals surface area (Å²) in [7, 11) is 0. The van der Waals surface area contributed by atoms with Crippen molar-refractivity contribution in [1.29, 1.82) is 0 Å². The van der Waals surface area contributed by atoms with Gasteiger partial charge in [0.25, 0.3) is 5.91 Å². The summed E-state index contributed by atoms with van der Waals surface area (Å²) in [6.45, 7) is 5.87. The zero-order chi connectivity index (χ0) is 23.4.